The van der Waals surface area contributed by atoms with Crippen LogP contribution in [0.15, 0.2) is 59.3 Å². The fraction of sp³-hybridized carbons (Fsp3) is 0. The molecule has 0 saturated carbocycles. The molecule has 114 valence electrons. The lowest BCUT2D eigenvalue weighted by Crippen LogP contribution is -1.95. The molecule has 2 aromatic heterocycles. The van der Waals surface area contributed by atoms with E-state index in [1.54, 1.807) is 36.7 Å². The number of oxazole rings is 1. The van der Waals surface area contributed by atoms with Gasteiger partial charge >= 0.3 is 5.84 Å². The van der Waals surface area contributed by atoms with E-state index in [9.17, 15) is 4.39 Å². The number of benzene rings is 2. The molecule has 6 heteroatoms. The zero-order valence-corrected chi connectivity index (χ0v) is 12.0. The van der Waals surface area contributed by atoms with Crippen molar-refractivity contribution in [3.05, 3.63) is 60.7 Å². The van der Waals surface area contributed by atoms with E-state index in [-0.39, 0.29) is 5.82 Å². The van der Waals surface area contributed by atoms with Gasteiger partial charge in [-0.1, -0.05) is 6.07 Å². The molecule has 0 saturated heterocycles. The van der Waals surface area contributed by atoms with Crippen LogP contribution >= 0.6 is 0 Å². The Kier molecular flexibility index (Phi) is 2.84. The van der Waals surface area contributed by atoms with Gasteiger partial charge in [0.2, 0.25) is 0 Å². The molecule has 4 aromatic rings. The minimum Gasteiger partial charge on any atom is -0.432 e. The smallest absolute Gasteiger partial charge is 0.306 e. The number of hydrogen-bond donors (Lipinski definition) is 2. The number of halogens is 1. The number of rotatable bonds is 2. The molecule has 0 bridgehead atoms. The van der Waals surface area contributed by atoms with Gasteiger partial charge in [-0.15, -0.1) is 0 Å². The Bertz CT molecular complexity index is 1000. The minimum atomic E-state index is -0.296. The van der Waals surface area contributed by atoms with Crippen LogP contribution in [0.5, 0.6) is 0 Å². The SMILES string of the molecule is Nc1ccc(-c2c(-c3ccc(F)cc3)nc3occn23)cc1N. The third-order valence-corrected chi connectivity index (χ3v) is 3.74. The number of fused-ring (bicyclic) bond motifs is 1. The van der Waals surface area contributed by atoms with Crippen molar-refractivity contribution < 1.29 is 8.81 Å². The third kappa shape index (κ3) is 2.12. The Morgan fingerprint density at radius 1 is 0.957 bits per heavy atom. The van der Waals surface area contributed by atoms with Gasteiger partial charge < -0.3 is 15.9 Å². The minimum absolute atomic E-state index is 0.296. The average molecular weight is 308 g/mol. The van der Waals surface area contributed by atoms with Crippen LogP contribution in [0.25, 0.3) is 28.4 Å². The number of nitrogens with two attached hydrogens (primary N) is 2. The summed E-state index contributed by atoms with van der Waals surface area (Å²) in [5.41, 5.74) is 15.9. The molecule has 0 fully saturated rings. The van der Waals surface area contributed by atoms with E-state index < -0.39 is 0 Å². The van der Waals surface area contributed by atoms with Gasteiger partial charge in [-0.05, 0) is 36.4 Å². The second-order valence-corrected chi connectivity index (χ2v) is 5.22. The Morgan fingerprint density at radius 3 is 2.43 bits per heavy atom. The van der Waals surface area contributed by atoms with Gasteiger partial charge in [0, 0.05) is 17.3 Å². The maximum absolute atomic E-state index is 13.2. The highest BCUT2D eigenvalue weighted by Crippen LogP contribution is 2.34. The maximum Gasteiger partial charge on any atom is 0.306 e. The Labute approximate surface area is 131 Å². The Hall–Kier alpha value is -3.28. The summed E-state index contributed by atoms with van der Waals surface area (Å²) in [6.45, 7) is 0. The summed E-state index contributed by atoms with van der Waals surface area (Å²) < 4.78 is 20.4. The Balaban J connectivity index is 2.00. The van der Waals surface area contributed by atoms with Crippen LogP contribution in [-0.2, 0) is 0 Å². The van der Waals surface area contributed by atoms with Crippen molar-refractivity contribution in [1.82, 2.24) is 9.38 Å². The predicted molar refractivity (Wildman–Crippen MR) is 87.1 cm³/mol. The summed E-state index contributed by atoms with van der Waals surface area (Å²) in [6, 6.07) is 11.6. The van der Waals surface area contributed by atoms with E-state index in [0.717, 1.165) is 16.8 Å². The first-order valence-electron chi connectivity index (χ1n) is 7.00. The molecule has 0 aliphatic rings. The van der Waals surface area contributed by atoms with E-state index in [2.05, 4.69) is 4.98 Å². The molecule has 0 unspecified atom stereocenters. The van der Waals surface area contributed by atoms with Crippen LogP contribution in [0.3, 0.4) is 0 Å². The predicted octanol–water partition coefficient (Wildman–Crippen LogP) is 3.56. The summed E-state index contributed by atoms with van der Waals surface area (Å²) in [7, 11) is 0. The summed E-state index contributed by atoms with van der Waals surface area (Å²) in [5.74, 6) is 0.157. The topological polar surface area (TPSA) is 82.5 Å². The summed E-state index contributed by atoms with van der Waals surface area (Å²) in [5, 5.41) is 0. The molecule has 0 aliphatic carbocycles. The number of nitrogen functional groups attached to an aromatic ring is 2. The molecular weight excluding hydrogens is 295 g/mol. The summed E-state index contributed by atoms with van der Waals surface area (Å²) in [6.07, 6.45) is 3.33. The highest BCUT2D eigenvalue weighted by molar-refractivity contribution is 5.84. The molecular formula is C17H13FN4O. The lowest BCUT2D eigenvalue weighted by Gasteiger charge is -2.07. The summed E-state index contributed by atoms with van der Waals surface area (Å²) >= 11 is 0. The third-order valence-electron chi connectivity index (χ3n) is 3.74. The van der Waals surface area contributed by atoms with Crippen LogP contribution in [0.4, 0.5) is 15.8 Å². The molecule has 0 radical (unpaired) electrons. The normalized spacial score (nSPS) is 11.2. The van der Waals surface area contributed by atoms with Crippen LogP contribution < -0.4 is 11.5 Å². The monoisotopic (exact) mass is 308 g/mol. The first-order chi connectivity index (χ1) is 11.1. The molecule has 4 rings (SSSR count). The van der Waals surface area contributed by atoms with Crippen molar-refractivity contribution in [1.29, 1.82) is 0 Å². The molecule has 0 atom stereocenters. The van der Waals surface area contributed by atoms with Crippen LogP contribution in [0.1, 0.15) is 0 Å². The number of nitrogens with zero attached hydrogens (tertiary/aromatic N) is 2. The molecule has 0 spiro atoms. The largest absolute Gasteiger partial charge is 0.432 e. The van der Waals surface area contributed by atoms with Gasteiger partial charge in [0.15, 0.2) is 0 Å². The summed E-state index contributed by atoms with van der Waals surface area (Å²) in [4.78, 5) is 4.50. The van der Waals surface area contributed by atoms with Crippen LogP contribution in [0.2, 0.25) is 0 Å². The molecule has 2 aromatic carbocycles. The van der Waals surface area contributed by atoms with Crippen molar-refractivity contribution in [2.75, 3.05) is 11.5 Å². The van der Waals surface area contributed by atoms with E-state index in [1.165, 1.54) is 12.1 Å². The number of aromatic nitrogens is 2. The molecule has 0 aliphatic heterocycles. The number of imidazole rings is 1. The zero-order valence-electron chi connectivity index (χ0n) is 12.0. The maximum atomic E-state index is 13.2. The van der Waals surface area contributed by atoms with Crippen molar-refractivity contribution in [3.63, 3.8) is 0 Å². The standard InChI is InChI=1S/C17H13FN4O/c18-12-4-1-10(2-5-12)15-16(22-7-8-23-17(22)21-15)11-3-6-13(19)14(20)9-11/h1-9H,19-20H2. The van der Waals surface area contributed by atoms with Crippen molar-refractivity contribution in [2.45, 2.75) is 0 Å². The van der Waals surface area contributed by atoms with E-state index in [0.29, 0.717) is 22.9 Å². The van der Waals surface area contributed by atoms with E-state index >= 15 is 0 Å². The van der Waals surface area contributed by atoms with Gasteiger partial charge in [-0.25, -0.2) is 4.39 Å². The first-order valence-corrected chi connectivity index (χ1v) is 7.00. The molecule has 5 nitrogen and oxygen atoms in total. The fourth-order valence-corrected chi connectivity index (χ4v) is 2.59. The van der Waals surface area contributed by atoms with Crippen molar-refractivity contribution in [2.24, 2.45) is 0 Å². The average Bonchev–Trinajstić information content (AvgIpc) is 3.11. The van der Waals surface area contributed by atoms with Gasteiger partial charge in [0.25, 0.3) is 0 Å². The van der Waals surface area contributed by atoms with Gasteiger partial charge in [-0.3, -0.25) is 4.40 Å². The quantitative estimate of drug-likeness (QED) is 0.555. The lowest BCUT2D eigenvalue weighted by molar-refractivity contribution is 0.596. The number of hydrogen-bond acceptors (Lipinski definition) is 4. The van der Waals surface area contributed by atoms with E-state index in [4.69, 9.17) is 15.9 Å². The lowest BCUT2D eigenvalue weighted by atomic mass is 10.0. The van der Waals surface area contributed by atoms with Crippen molar-refractivity contribution in [3.8, 4) is 22.5 Å². The van der Waals surface area contributed by atoms with E-state index in [1.807, 2.05) is 10.5 Å². The highest BCUT2D eigenvalue weighted by atomic mass is 19.1. The molecule has 23 heavy (non-hydrogen) atoms. The fourth-order valence-electron chi connectivity index (χ4n) is 2.59. The second kappa shape index (κ2) is 4.88. The van der Waals surface area contributed by atoms with Crippen molar-refractivity contribution >= 4 is 17.2 Å². The van der Waals surface area contributed by atoms with Gasteiger partial charge in [0.05, 0.1) is 17.1 Å². The second-order valence-electron chi connectivity index (χ2n) is 5.22. The number of anilines is 2. The highest BCUT2D eigenvalue weighted by Gasteiger charge is 2.18. The molecule has 0 amide bonds. The molecule has 2 heterocycles. The Morgan fingerprint density at radius 2 is 1.70 bits per heavy atom. The van der Waals surface area contributed by atoms with Gasteiger partial charge in [0.1, 0.15) is 17.8 Å². The van der Waals surface area contributed by atoms with Gasteiger partial charge in [-0.2, -0.15) is 4.98 Å². The molecule has 4 N–H and O–H groups in total. The van der Waals surface area contributed by atoms with Crippen LogP contribution in [0, 0.1) is 5.82 Å². The first kappa shape index (κ1) is 13.4. The zero-order chi connectivity index (χ0) is 16.0. The van der Waals surface area contributed by atoms with Crippen LogP contribution in [-0.4, -0.2) is 9.38 Å².